The summed E-state index contributed by atoms with van der Waals surface area (Å²) in [6.07, 6.45) is 0. The summed E-state index contributed by atoms with van der Waals surface area (Å²) in [5.41, 5.74) is -0.337. The number of benzene rings is 5. The molecule has 0 spiro atoms. The van der Waals surface area contributed by atoms with Crippen molar-refractivity contribution in [1.82, 2.24) is 0 Å². The van der Waals surface area contributed by atoms with E-state index in [0.717, 1.165) is 0 Å². The standard InChI is InChI=1S/C32H20N2O10/c35-27(33-23-13-11-21(31(41)42)25-17(23)3-1-5-19(25)29(37)38)15-7-9-16(10-8-15)28(36)34-24-14-12-22(32(43)44)26-18(24)4-2-6-20(26)30(39)40/h1-14H,(H,33,35)(H,34,36)(H,37,38)(H,39,40)(H,41,42)(H,43,44). The van der Waals surface area contributed by atoms with Crippen LogP contribution in [0.4, 0.5) is 11.4 Å². The Morgan fingerprint density at radius 1 is 0.409 bits per heavy atom. The average Bonchev–Trinajstić information content (AvgIpc) is 3.00. The molecule has 0 atom stereocenters. The van der Waals surface area contributed by atoms with Gasteiger partial charge >= 0.3 is 23.9 Å². The van der Waals surface area contributed by atoms with E-state index in [1.165, 1.54) is 84.9 Å². The largest absolute Gasteiger partial charge is 0.478 e. The number of carboxylic acid groups (broad SMARTS) is 4. The third-order valence-corrected chi connectivity index (χ3v) is 6.91. The minimum absolute atomic E-state index is 0.0447. The van der Waals surface area contributed by atoms with Crippen LogP contribution in [0.2, 0.25) is 0 Å². The maximum Gasteiger partial charge on any atom is 0.336 e. The molecule has 0 aliphatic rings. The number of nitrogens with one attached hydrogen (secondary N) is 2. The summed E-state index contributed by atoms with van der Waals surface area (Å²) in [6.45, 7) is 0. The number of carbonyl (C=O) groups excluding carboxylic acids is 2. The fraction of sp³-hybridized carbons (Fsp3) is 0. The molecule has 0 heterocycles. The summed E-state index contributed by atoms with van der Waals surface area (Å²) in [5, 5.41) is 43.9. The molecular formula is C32H20N2O10. The molecule has 0 fully saturated rings. The molecule has 5 aromatic rings. The first-order valence-electron chi connectivity index (χ1n) is 12.7. The maximum atomic E-state index is 13.0. The molecule has 0 aliphatic heterocycles. The van der Waals surface area contributed by atoms with Crippen molar-refractivity contribution in [2.45, 2.75) is 0 Å². The van der Waals surface area contributed by atoms with Crippen LogP contribution in [0.1, 0.15) is 62.1 Å². The van der Waals surface area contributed by atoms with E-state index in [-0.39, 0.29) is 66.3 Å². The number of anilines is 2. The van der Waals surface area contributed by atoms with Crippen LogP contribution < -0.4 is 10.6 Å². The molecule has 218 valence electrons. The van der Waals surface area contributed by atoms with E-state index < -0.39 is 35.7 Å². The third kappa shape index (κ3) is 5.25. The molecule has 5 aromatic carbocycles. The van der Waals surface area contributed by atoms with Gasteiger partial charge < -0.3 is 31.1 Å². The molecule has 2 amide bonds. The van der Waals surface area contributed by atoms with Gasteiger partial charge in [-0.1, -0.05) is 24.3 Å². The Labute approximate surface area is 246 Å². The molecular weight excluding hydrogens is 572 g/mol. The number of hydrogen-bond donors (Lipinski definition) is 6. The first kappa shape index (κ1) is 29.0. The predicted molar refractivity (Wildman–Crippen MR) is 158 cm³/mol. The molecule has 0 radical (unpaired) electrons. The van der Waals surface area contributed by atoms with E-state index in [9.17, 15) is 49.2 Å². The topological polar surface area (TPSA) is 207 Å². The quantitative estimate of drug-likeness (QED) is 0.137. The van der Waals surface area contributed by atoms with Crippen LogP contribution in [0.25, 0.3) is 21.5 Å². The molecule has 0 bridgehead atoms. The second kappa shape index (κ2) is 11.4. The Balaban J connectivity index is 1.41. The highest BCUT2D eigenvalue weighted by Gasteiger charge is 2.21. The van der Waals surface area contributed by atoms with E-state index in [1.807, 2.05) is 0 Å². The van der Waals surface area contributed by atoms with Gasteiger partial charge in [0, 0.05) is 44.0 Å². The van der Waals surface area contributed by atoms with Crippen molar-refractivity contribution in [1.29, 1.82) is 0 Å². The van der Waals surface area contributed by atoms with E-state index in [2.05, 4.69) is 10.6 Å². The summed E-state index contributed by atoms with van der Waals surface area (Å²) in [6, 6.07) is 19.0. The Morgan fingerprint density at radius 2 is 0.727 bits per heavy atom. The summed E-state index contributed by atoms with van der Waals surface area (Å²) in [5.74, 6) is -6.54. The van der Waals surface area contributed by atoms with E-state index in [1.54, 1.807) is 0 Å². The third-order valence-electron chi connectivity index (χ3n) is 6.91. The van der Waals surface area contributed by atoms with Gasteiger partial charge in [0.25, 0.3) is 11.8 Å². The number of fused-ring (bicyclic) bond motifs is 2. The zero-order valence-electron chi connectivity index (χ0n) is 22.3. The van der Waals surface area contributed by atoms with Gasteiger partial charge in [-0.15, -0.1) is 0 Å². The Bertz CT molecular complexity index is 1880. The lowest BCUT2D eigenvalue weighted by atomic mass is 9.97. The monoisotopic (exact) mass is 592 g/mol. The zero-order valence-corrected chi connectivity index (χ0v) is 22.3. The molecule has 5 rings (SSSR count). The number of hydrogen-bond acceptors (Lipinski definition) is 6. The van der Waals surface area contributed by atoms with E-state index in [4.69, 9.17) is 0 Å². The number of rotatable bonds is 8. The van der Waals surface area contributed by atoms with Crippen LogP contribution in [0, 0.1) is 0 Å². The number of carboxylic acids is 4. The van der Waals surface area contributed by atoms with Crippen molar-refractivity contribution in [2.75, 3.05) is 10.6 Å². The molecule has 0 saturated carbocycles. The van der Waals surface area contributed by atoms with Crippen molar-refractivity contribution in [2.24, 2.45) is 0 Å². The lowest BCUT2D eigenvalue weighted by Gasteiger charge is -2.13. The second-order valence-electron chi connectivity index (χ2n) is 9.48. The number of aromatic carboxylic acids is 4. The zero-order chi connectivity index (χ0) is 31.7. The summed E-state index contributed by atoms with van der Waals surface area (Å²) in [4.78, 5) is 73.0. The fourth-order valence-electron chi connectivity index (χ4n) is 4.91. The van der Waals surface area contributed by atoms with Gasteiger partial charge in [0.1, 0.15) is 0 Å². The maximum absolute atomic E-state index is 13.0. The van der Waals surface area contributed by atoms with Gasteiger partial charge in [-0.25, -0.2) is 19.2 Å². The molecule has 0 aliphatic carbocycles. The molecule has 0 aromatic heterocycles. The first-order valence-corrected chi connectivity index (χ1v) is 12.7. The molecule has 0 unspecified atom stereocenters. The Kier molecular flexibility index (Phi) is 7.48. The smallest absolute Gasteiger partial charge is 0.336 e. The molecule has 44 heavy (non-hydrogen) atoms. The van der Waals surface area contributed by atoms with Crippen LogP contribution in [-0.2, 0) is 0 Å². The van der Waals surface area contributed by atoms with Gasteiger partial charge in [0.2, 0.25) is 0 Å². The van der Waals surface area contributed by atoms with Crippen LogP contribution >= 0.6 is 0 Å². The lowest BCUT2D eigenvalue weighted by Crippen LogP contribution is -2.15. The molecule has 12 nitrogen and oxygen atoms in total. The molecule has 6 N–H and O–H groups in total. The van der Waals surface area contributed by atoms with Crippen LogP contribution in [0.15, 0.2) is 84.9 Å². The number of amides is 2. The molecule has 0 saturated heterocycles. The average molecular weight is 593 g/mol. The minimum Gasteiger partial charge on any atom is -0.478 e. The lowest BCUT2D eigenvalue weighted by molar-refractivity contribution is 0.0681. The van der Waals surface area contributed by atoms with Crippen molar-refractivity contribution in [3.8, 4) is 0 Å². The van der Waals surface area contributed by atoms with Gasteiger partial charge in [0.05, 0.1) is 22.3 Å². The van der Waals surface area contributed by atoms with Gasteiger partial charge in [-0.3, -0.25) is 9.59 Å². The van der Waals surface area contributed by atoms with Crippen LogP contribution in [0.3, 0.4) is 0 Å². The predicted octanol–water partition coefficient (Wildman–Crippen LogP) is 5.29. The highest BCUT2D eigenvalue weighted by molar-refractivity contribution is 6.19. The Morgan fingerprint density at radius 3 is 1.05 bits per heavy atom. The van der Waals surface area contributed by atoms with E-state index >= 15 is 0 Å². The van der Waals surface area contributed by atoms with Crippen molar-refractivity contribution in [3.63, 3.8) is 0 Å². The van der Waals surface area contributed by atoms with Gasteiger partial charge in [-0.2, -0.15) is 0 Å². The summed E-state index contributed by atoms with van der Waals surface area (Å²) < 4.78 is 0. The second-order valence-corrected chi connectivity index (χ2v) is 9.48. The summed E-state index contributed by atoms with van der Waals surface area (Å²) >= 11 is 0. The first-order chi connectivity index (χ1) is 21.0. The highest BCUT2D eigenvalue weighted by Crippen LogP contribution is 2.32. The van der Waals surface area contributed by atoms with Crippen molar-refractivity contribution >= 4 is 68.6 Å². The van der Waals surface area contributed by atoms with E-state index in [0.29, 0.717) is 0 Å². The highest BCUT2D eigenvalue weighted by atomic mass is 16.4. The van der Waals surface area contributed by atoms with Crippen LogP contribution in [0.5, 0.6) is 0 Å². The fourth-order valence-corrected chi connectivity index (χ4v) is 4.91. The van der Waals surface area contributed by atoms with Crippen LogP contribution in [-0.4, -0.2) is 56.1 Å². The van der Waals surface area contributed by atoms with Gasteiger partial charge in [-0.05, 0) is 60.7 Å². The summed E-state index contributed by atoms with van der Waals surface area (Å²) in [7, 11) is 0. The normalized spacial score (nSPS) is 10.7. The SMILES string of the molecule is O=C(Nc1ccc(C(=O)O)c2c(C(=O)O)cccc12)c1ccc(C(=O)Nc2ccc(C(=O)O)c3c(C(=O)O)cccc23)cc1. The Hall–Kier alpha value is -6.56. The minimum atomic E-state index is -1.33. The number of carbonyl (C=O) groups is 6. The van der Waals surface area contributed by atoms with Crippen molar-refractivity contribution < 1.29 is 49.2 Å². The molecule has 12 heteroatoms. The van der Waals surface area contributed by atoms with Crippen molar-refractivity contribution in [3.05, 3.63) is 118 Å². The van der Waals surface area contributed by atoms with Gasteiger partial charge in [0.15, 0.2) is 0 Å².